The third kappa shape index (κ3) is 3.15. The second kappa shape index (κ2) is 6.10. The van der Waals surface area contributed by atoms with Crippen molar-refractivity contribution in [3.8, 4) is 11.3 Å². The van der Waals surface area contributed by atoms with Crippen LogP contribution < -0.4 is 5.32 Å². The molecular weight excluding hydrogens is 304 g/mol. The number of carbonyl (C=O) groups is 1. The fourth-order valence-corrected chi connectivity index (χ4v) is 2.49. The van der Waals surface area contributed by atoms with Crippen molar-refractivity contribution in [3.05, 3.63) is 40.6 Å². The van der Waals surface area contributed by atoms with Gasteiger partial charge in [-0.05, 0) is 44.4 Å². The zero-order valence-electron chi connectivity index (χ0n) is 12.2. The number of halogens is 1. The molecule has 1 aliphatic carbocycles. The lowest BCUT2D eigenvalue weighted by Gasteiger charge is -2.11. The number of aromatic carboxylic acids is 1. The van der Waals surface area contributed by atoms with E-state index in [0.717, 1.165) is 6.54 Å². The first-order valence-corrected chi connectivity index (χ1v) is 7.66. The maximum atomic E-state index is 11.6. The molecule has 1 atom stereocenters. The number of rotatable bonds is 6. The summed E-state index contributed by atoms with van der Waals surface area (Å²) in [5.74, 6) is 0.0220. The number of nitrogens with one attached hydrogen (secondary N) is 1. The Balaban J connectivity index is 1.90. The molecule has 1 heterocycles. The van der Waals surface area contributed by atoms with Gasteiger partial charge in [0.1, 0.15) is 11.3 Å². The van der Waals surface area contributed by atoms with Crippen LogP contribution in [0.2, 0.25) is 5.02 Å². The van der Waals surface area contributed by atoms with Crippen LogP contribution in [0.25, 0.3) is 11.3 Å². The van der Waals surface area contributed by atoms with E-state index < -0.39 is 5.97 Å². The highest BCUT2D eigenvalue weighted by Gasteiger charge is 2.28. The van der Waals surface area contributed by atoms with Crippen LogP contribution in [-0.2, 0) is 0 Å². The first-order valence-electron chi connectivity index (χ1n) is 7.28. The van der Waals surface area contributed by atoms with Crippen molar-refractivity contribution >= 4 is 17.6 Å². The van der Waals surface area contributed by atoms with Crippen LogP contribution in [0.4, 0.5) is 0 Å². The highest BCUT2D eigenvalue weighted by molar-refractivity contribution is 6.30. The monoisotopic (exact) mass is 320 g/mol. The number of hydrogen-bond donors (Lipinski definition) is 2. The van der Waals surface area contributed by atoms with Gasteiger partial charge in [0.2, 0.25) is 0 Å². The zero-order valence-corrected chi connectivity index (χ0v) is 12.9. The van der Waals surface area contributed by atoms with Gasteiger partial charge in [-0.1, -0.05) is 28.9 Å². The molecule has 0 radical (unpaired) electrons. The number of carboxylic acids is 1. The largest absolute Gasteiger partial charge is 0.477 e. The molecule has 0 saturated heterocycles. The molecule has 0 aliphatic heterocycles. The first-order chi connectivity index (χ1) is 10.6. The molecule has 0 unspecified atom stereocenters. The average molecular weight is 321 g/mol. The van der Waals surface area contributed by atoms with Crippen LogP contribution in [-0.4, -0.2) is 22.8 Å². The van der Waals surface area contributed by atoms with Gasteiger partial charge >= 0.3 is 5.97 Å². The summed E-state index contributed by atoms with van der Waals surface area (Å²) in [5, 5.41) is 17.4. The van der Waals surface area contributed by atoms with Gasteiger partial charge in [0.25, 0.3) is 0 Å². The fraction of sp³-hybridized carbons (Fsp3) is 0.375. The Bertz CT molecular complexity index is 677. The number of carboxylic acid groups (broad SMARTS) is 1. The highest BCUT2D eigenvalue weighted by atomic mass is 35.5. The molecule has 0 amide bonds. The minimum absolute atomic E-state index is 0.109. The molecule has 2 aromatic rings. The van der Waals surface area contributed by atoms with Gasteiger partial charge in [0.15, 0.2) is 5.76 Å². The Morgan fingerprint density at radius 2 is 2.14 bits per heavy atom. The van der Waals surface area contributed by atoms with Gasteiger partial charge in [0, 0.05) is 10.6 Å². The molecule has 116 valence electrons. The van der Waals surface area contributed by atoms with Crippen molar-refractivity contribution in [2.24, 2.45) is 5.92 Å². The fourth-order valence-electron chi connectivity index (χ4n) is 2.37. The SMILES string of the molecule is C[C@@H](NCC1CC1)c1onc(-c2ccc(Cl)cc2)c1C(=O)O. The van der Waals surface area contributed by atoms with Gasteiger partial charge in [-0.3, -0.25) is 0 Å². The second-order valence-electron chi connectivity index (χ2n) is 5.66. The predicted octanol–water partition coefficient (Wildman–Crippen LogP) is 3.75. The Morgan fingerprint density at radius 1 is 1.45 bits per heavy atom. The molecule has 5 nitrogen and oxygen atoms in total. The second-order valence-corrected chi connectivity index (χ2v) is 6.09. The predicted molar refractivity (Wildman–Crippen MR) is 83.1 cm³/mol. The lowest BCUT2D eigenvalue weighted by atomic mass is 10.0. The summed E-state index contributed by atoms with van der Waals surface area (Å²) in [7, 11) is 0. The molecule has 22 heavy (non-hydrogen) atoms. The van der Waals surface area contributed by atoms with Gasteiger partial charge in [-0.2, -0.15) is 0 Å². The van der Waals surface area contributed by atoms with Crippen molar-refractivity contribution in [2.75, 3.05) is 6.54 Å². The maximum absolute atomic E-state index is 11.6. The smallest absolute Gasteiger partial charge is 0.341 e. The highest BCUT2D eigenvalue weighted by Crippen LogP contribution is 2.32. The normalized spacial score (nSPS) is 15.7. The molecule has 1 aromatic carbocycles. The van der Waals surface area contributed by atoms with Crippen molar-refractivity contribution in [1.82, 2.24) is 10.5 Å². The van der Waals surface area contributed by atoms with Crippen LogP contribution in [0, 0.1) is 5.92 Å². The number of aromatic nitrogens is 1. The van der Waals surface area contributed by atoms with Gasteiger partial charge in [0.05, 0.1) is 6.04 Å². The van der Waals surface area contributed by atoms with E-state index in [4.69, 9.17) is 16.1 Å². The zero-order chi connectivity index (χ0) is 15.7. The van der Waals surface area contributed by atoms with Gasteiger partial charge in [-0.15, -0.1) is 0 Å². The molecule has 2 N–H and O–H groups in total. The molecule has 1 fully saturated rings. The summed E-state index contributed by atoms with van der Waals surface area (Å²) < 4.78 is 5.33. The quantitative estimate of drug-likeness (QED) is 0.847. The summed E-state index contributed by atoms with van der Waals surface area (Å²) in [5.41, 5.74) is 1.11. The lowest BCUT2D eigenvalue weighted by molar-refractivity contribution is 0.0694. The molecule has 0 spiro atoms. The summed E-state index contributed by atoms with van der Waals surface area (Å²) in [6.45, 7) is 2.76. The topological polar surface area (TPSA) is 75.4 Å². The van der Waals surface area contributed by atoms with Crippen molar-refractivity contribution < 1.29 is 14.4 Å². The summed E-state index contributed by atoms with van der Waals surface area (Å²) in [4.78, 5) is 11.6. The molecule has 1 aliphatic rings. The summed E-state index contributed by atoms with van der Waals surface area (Å²) >= 11 is 5.86. The molecule has 1 aromatic heterocycles. The lowest BCUT2D eigenvalue weighted by Crippen LogP contribution is -2.22. The van der Waals surface area contributed by atoms with Crippen LogP contribution >= 0.6 is 11.6 Å². The Labute approximate surface area is 133 Å². The maximum Gasteiger partial charge on any atom is 0.341 e. The molecule has 0 bridgehead atoms. The Hall–Kier alpha value is -1.85. The third-order valence-corrected chi connectivity index (χ3v) is 4.10. The Kier molecular flexibility index (Phi) is 4.18. The third-order valence-electron chi connectivity index (χ3n) is 3.85. The van der Waals surface area contributed by atoms with Crippen LogP contribution in [0.15, 0.2) is 28.8 Å². The van der Waals surface area contributed by atoms with Crippen LogP contribution in [0.5, 0.6) is 0 Å². The van der Waals surface area contributed by atoms with Gasteiger partial charge in [-0.25, -0.2) is 4.79 Å². The molecule has 3 rings (SSSR count). The standard InChI is InChI=1S/C16H17ClN2O3/c1-9(18-8-10-2-3-10)15-13(16(20)21)14(19-22-15)11-4-6-12(17)7-5-11/h4-7,9-10,18H,2-3,8H2,1H3,(H,20,21)/t9-/m1/s1. The minimum atomic E-state index is -1.04. The van der Waals surface area contributed by atoms with E-state index in [0.29, 0.717) is 28.0 Å². The molecular formula is C16H17ClN2O3. The number of benzene rings is 1. The van der Waals surface area contributed by atoms with E-state index in [2.05, 4.69) is 10.5 Å². The van der Waals surface area contributed by atoms with Crippen LogP contribution in [0.3, 0.4) is 0 Å². The van der Waals surface area contributed by atoms with Crippen LogP contribution in [0.1, 0.15) is 41.9 Å². The summed E-state index contributed by atoms with van der Waals surface area (Å²) in [6, 6.07) is 6.68. The van der Waals surface area contributed by atoms with E-state index in [9.17, 15) is 9.90 Å². The average Bonchev–Trinajstić information content (AvgIpc) is 3.21. The molecule has 6 heteroatoms. The summed E-state index contributed by atoms with van der Waals surface area (Å²) in [6.07, 6.45) is 2.47. The van der Waals surface area contributed by atoms with E-state index in [-0.39, 0.29) is 11.6 Å². The Morgan fingerprint density at radius 3 is 2.73 bits per heavy atom. The van der Waals surface area contributed by atoms with Crippen molar-refractivity contribution in [2.45, 2.75) is 25.8 Å². The number of nitrogens with zero attached hydrogens (tertiary/aromatic N) is 1. The van der Waals surface area contributed by atoms with Crippen molar-refractivity contribution in [3.63, 3.8) is 0 Å². The first kappa shape index (κ1) is 15.1. The van der Waals surface area contributed by atoms with Gasteiger partial charge < -0.3 is 14.9 Å². The van der Waals surface area contributed by atoms with E-state index in [1.807, 2.05) is 6.92 Å². The number of hydrogen-bond acceptors (Lipinski definition) is 4. The van der Waals surface area contributed by atoms with Crippen molar-refractivity contribution in [1.29, 1.82) is 0 Å². The van der Waals surface area contributed by atoms with E-state index in [1.54, 1.807) is 24.3 Å². The van der Waals surface area contributed by atoms with E-state index in [1.165, 1.54) is 12.8 Å². The minimum Gasteiger partial charge on any atom is -0.477 e. The molecule has 1 saturated carbocycles. The van der Waals surface area contributed by atoms with E-state index >= 15 is 0 Å².